The molecule has 12 nitrogen and oxygen atoms in total. The first-order valence-corrected chi connectivity index (χ1v) is 16.1. The van der Waals surface area contributed by atoms with E-state index in [1.807, 2.05) is 42.5 Å². The standard InChI is InChI=1S/C37H40FN5O7/c1-4-49-34(45)18-16-29(15-17-33(39)44)40-36(47)32(22-24-10-13-28(38)14-11-24)43(3)37(48)31(41-35(46)30-19-23(2)50-42-30)21-25-9-12-26-7-5-6-8-27(26)20-25/h5-14,16,18-20,29,31-32H,4,15,17,21-22H2,1-3H3,(H2,39,44)(H,40,47)(H,41,46)/b18-16+. The first-order chi connectivity index (χ1) is 23.9. The highest BCUT2D eigenvalue weighted by Gasteiger charge is 2.34. The second kappa shape index (κ2) is 17.5. The zero-order valence-electron chi connectivity index (χ0n) is 28.1. The zero-order valence-corrected chi connectivity index (χ0v) is 28.1. The van der Waals surface area contributed by atoms with E-state index >= 15 is 0 Å². The number of nitrogens with zero attached hydrogens (tertiary/aromatic N) is 2. The van der Waals surface area contributed by atoms with Gasteiger partial charge in [0.1, 0.15) is 23.7 Å². The Morgan fingerprint density at radius 3 is 2.32 bits per heavy atom. The molecule has 3 atom stereocenters. The fourth-order valence-electron chi connectivity index (χ4n) is 5.33. The van der Waals surface area contributed by atoms with Gasteiger partial charge in [0.05, 0.1) is 6.61 Å². The third-order valence-electron chi connectivity index (χ3n) is 7.96. The molecular weight excluding hydrogens is 645 g/mol. The molecule has 0 saturated carbocycles. The van der Waals surface area contributed by atoms with E-state index in [1.54, 1.807) is 13.8 Å². The van der Waals surface area contributed by atoms with Gasteiger partial charge >= 0.3 is 5.97 Å². The number of amides is 4. The molecule has 4 rings (SSSR count). The van der Waals surface area contributed by atoms with E-state index in [2.05, 4.69) is 15.8 Å². The summed E-state index contributed by atoms with van der Waals surface area (Å²) in [5.74, 6) is -3.20. The number of likely N-dealkylation sites (N-methyl/N-ethyl adjacent to an activating group) is 1. The quantitative estimate of drug-likeness (QED) is 0.119. The summed E-state index contributed by atoms with van der Waals surface area (Å²) in [6, 6.07) is 17.2. The Hall–Kier alpha value is -5.85. The van der Waals surface area contributed by atoms with Crippen molar-refractivity contribution in [3.05, 3.63) is 113 Å². The Kier molecular flexibility index (Phi) is 13.0. The molecule has 0 aliphatic carbocycles. The number of ether oxygens (including phenoxy) is 1. The molecule has 4 amide bonds. The van der Waals surface area contributed by atoms with E-state index in [1.165, 1.54) is 48.4 Å². The summed E-state index contributed by atoms with van der Waals surface area (Å²) in [6.45, 7) is 3.42. The van der Waals surface area contributed by atoms with E-state index in [-0.39, 0.29) is 38.0 Å². The van der Waals surface area contributed by atoms with Gasteiger partial charge in [0.25, 0.3) is 5.91 Å². The van der Waals surface area contributed by atoms with Gasteiger partial charge in [-0.15, -0.1) is 0 Å². The van der Waals surface area contributed by atoms with Gasteiger partial charge in [0, 0.05) is 44.5 Å². The van der Waals surface area contributed by atoms with Crippen molar-refractivity contribution in [2.45, 2.75) is 57.7 Å². The van der Waals surface area contributed by atoms with Crippen molar-refractivity contribution in [2.24, 2.45) is 5.73 Å². The van der Waals surface area contributed by atoms with E-state index in [9.17, 15) is 28.4 Å². The number of carbonyl (C=O) groups excluding carboxylic acids is 5. The maximum absolute atomic E-state index is 14.4. The van der Waals surface area contributed by atoms with Gasteiger partial charge in [-0.3, -0.25) is 19.2 Å². The average molecular weight is 686 g/mol. The van der Waals surface area contributed by atoms with Crippen LogP contribution < -0.4 is 16.4 Å². The van der Waals surface area contributed by atoms with Crippen molar-refractivity contribution in [1.29, 1.82) is 0 Å². The Morgan fingerprint density at radius 1 is 0.960 bits per heavy atom. The maximum Gasteiger partial charge on any atom is 0.330 e. The molecule has 1 aromatic heterocycles. The minimum atomic E-state index is -1.18. The number of primary amides is 1. The molecule has 0 radical (unpaired) electrons. The number of hydrogen-bond donors (Lipinski definition) is 3. The number of rotatable bonds is 16. The van der Waals surface area contributed by atoms with Gasteiger partial charge in [-0.05, 0) is 54.3 Å². The fourth-order valence-corrected chi connectivity index (χ4v) is 5.33. The number of aromatic nitrogens is 1. The molecule has 13 heteroatoms. The lowest BCUT2D eigenvalue weighted by atomic mass is 9.98. The topological polar surface area (TPSA) is 174 Å². The predicted molar refractivity (Wildman–Crippen MR) is 183 cm³/mol. The number of fused-ring (bicyclic) bond motifs is 1. The monoisotopic (exact) mass is 685 g/mol. The minimum absolute atomic E-state index is 0.0206. The van der Waals surface area contributed by atoms with Crippen molar-refractivity contribution in [3.8, 4) is 0 Å². The molecule has 0 bridgehead atoms. The second-order valence-electron chi connectivity index (χ2n) is 11.8. The number of nitrogens with two attached hydrogens (primary N) is 1. The van der Waals surface area contributed by atoms with Crippen molar-refractivity contribution in [1.82, 2.24) is 20.7 Å². The lowest BCUT2D eigenvalue weighted by molar-refractivity contribution is -0.140. The van der Waals surface area contributed by atoms with Gasteiger partial charge in [-0.1, -0.05) is 65.8 Å². The van der Waals surface area contributed by atoms with Gasteiger partial charge < -0.3 is 30.5 Å². The molecule has 0 spiro atoms. The van der Waals surface area contributed by atoms with Crippen LogP contribution in [0.5, 0.6) is 0 Å². The maximum atomic E-state index is 14.4. The second-order valence-corrected chi connectivity index (χ2v) is 11.8. The smallest absolute Gasteiger partial charge is 0.330 e. The number of carbonyl (C=O) groups is 5. The van der Waals surface area contributed by atoms with Crippen molar-refractivity contribution < 1.29 is 37.6 Å². The fraction of sp³-hybridized carbons (Fsp3) is 0.297. The number of hydrogen-bond acceptors (Lipinski definition) is 8. The molecule has 262 valence electrons. The van der Waals surface area contributed by atoms with Crippen LogP contribution >= 0.6 is 0 Å². The van der Waals surface area contributed by atoms with Crippen LogP contribution in [0, 0.1) is 12.7 Å². The van der Waals surface area contributed by atoms with Crippen LogP contribution in [0.2, 0.25) is 0 Å². The summed E-state index contributed by atoms with van der Waals surface area (Å²) in [5.41, 5.74) is 6.63. The average Bonchev–Trinajstić information content (AvgIpc) is 3.54. The van der Waals surface area contributed by atoms with E-state index in [0.717, 1.165) is 22.4 Å². The molecule has 4 N–H and O–H groups in total. The van der Waals surface area contributed by atoms with Gasteiger partial charge in [-0.25, -0.2) is 9.18 Å². The van der Waals surface area contributed by atoms with Crippen LogP contribution in [0.15, 0.2) is 89.5 Å². The molecule has 0 fully saturated rings. The zero-order chi connectivity index (χ0) is 36.2. The molecule has 0 saturated heterocycles. The number of nitrogens with one attached hydrogen (secondary N) is 2. The van der Waals surface area contributed by atoms with Crippen molar-refractivity contribution in [3.63, 3.8) is 0 Å². The summed E-state index contributed by atoms with van der Waals surface area (Å²) in [7, 11) is 1.43. The summed E-state index contributed by atoms with van der Waals surface area (Å²) in [5, 5.41) is 11.3. The van der Waals surface area contributed by atoms with Crippen LogP contribution in [0.1, 0.15) is 47.1 Å². The molecular formula is C37H40FN5O7. The minimum Gasteiger partial charge on any atom is -0.463 e. The molecule has 50 heavy (non-hydrogen) atoms. The summed E-state index contributed by atoms with van der Waals surface area (Å²) >= 11 is 0. The first kappa shape index (κ1) is 37.0. The molecule has 1 heterocycles. The molecule has 3 aromatic carbocycles. The SMILES string of the molecule is CCOC(=O)/C=C/C(CCC(N)=O)NC(=O)C(Cc1ccc(F)cc1)N(C)C(=O)C(Cc1ccc2ccccc2c1)NC(=O)c1cc(C)on1. The number of benzene rings is 3. The number of aryl methyl sites for hydroxylation is 1. The highest BCUT2D eigenvalue weighted by atomic mass is 19.1. The van der Waals surface area contributed by atoms with Gasteiger partial charge in [-0.2, -0.15) is 0 Å². The Balaban J connectivity index is 1.66. The van der Waals surface area contributed by atoms with Crippen LogP contribution in [-0.2, 0) is 36.8 Å². The third-order valence-corrected chi connectivity index (χ3v) is 7.96. The highest BCUT2D eigenvalue weighted by molar-refractivity contribution is 5.97. The molecule has 0 aliphatic heterocycles. The van der Waals surface area contributed by atoms with E-state index in [0.29, 0.717) is 11.3 Å². The lowest BCUT2D eigenvalue weighted by Crippen LogP contribution is -2.56. The number of halogens is 1. The van der Waals surface area contributed by atoms with E-state index in [4.69, 9.17) is 15.0 Å². The van der Waals surface area contributed by atoms with Gasteiger partial charge in [0.2, 0.25) is 17.7 Å². The lowest BCUT2D eigenvalue weighted by Gasteiger charge is -2.32. The largest absolute Gasteiger partial charge is 0.463 e. The van der Waals surface area contributed by atoms with Crippen molar-refractivity contribution in [2.75, 3.05) is 13.7 Å². The molecule has 4 aromatic rings. The number of esters is 1. The first-order valence-electron chi connectivity index (χ1n) is 16.1. The summed E-state index contributed by atoms with van der Waals surface area (Å²) in [6.07, 6.45) is 2.54. The summed E-state index contributed by atoms with van der Waals surface area (Å²) < 4.78 is 23.8. The van der Waals surface area contributed by atoms with Crippen LogP contribution in [0.3, 0.4) is 0 Å². The third kappa shape index (κ3) is 10.6. The Morgan fingerprint density at radius 2 is 1.66 bits per heavy atom. The van der Waals surface area contributed by atoms with Crippen LogP contribution in [0.25, 0.3) is 10.8 Å². The van der Waals surface area contributed by atoms with Crippen LogP contribution in [0.4, 0.5) is 4.39 Å². The van der Waals surface area contributed by atoms with Gasteiger partial charge in [0.15, 0.2) is 5.69 Å². The van der Waals surface area contributed by atoms with Crippen LogP contribution in [-0.4, -0.2) is 71.4 Å². The normalized spacial score (nSPS) is 13.0. The predicted octanol–water partition coefficient (Wildman–Crippen LogP) is 3.56. The molecule has 3 unspecified atom stereocenters. The Labute approximate surface area is 288 Å². The molecule has 0 aliphatic rings. The van der Waals surface area contributed by atoms with Crippen molar-refractivity contribution >= 4 is 40.4 Å². The highest BCUT2D eigenvalue weighted by Crippen LogP contribution is 2.19. The Bertz CT molecular complexity index is 1860. The summed E-state index contributed by atoms with van der Waals surface area (Å²) in [4.78, 5) is 66.5. The van der Waals surface area contributed by atoms with E-state index < -0.39 is 53.5 Å².